The molecule has 0 amide bonds. The average molecular weight is 243 g/mol. The van der Waals surface area contributed by atoms with E-state index in [9.17, 15) is 5.11 Å². The number of ether oxygens (including phenoxy) is 1. The Bertz CT molecular complexity index is 525. The second-order valence-electron chi connectivity index (χ2n) is 4.33. The lowest BCUT2D eigenvalue weighted by molar-refractivity contribution is 0.174. The maximum Gasteiger partial charge on any atom is 0.142 e. The average Bonchev–Trinajstić information content (AvgIpc) is 2.38. The van der Waals surface area contributed by atoms with E-state index in [0.29, 0.717) is 12.2 Å². The number of benzene rings is 1. The van der Waals surface area contributed by atoms with Crippen LogP contribution >= 0.6 is 0 Å². The molecule has 0 radical (unpaired) electrons. The van der Waals surface area contributed by atoms with Gasteiger partial charge in [0.25, 0.3) is 0 Å². The Labute approximate surface area is 107 Å². The van der Waals surface area contributed by atoms with Crippen LogP contribution in [0.4, 0.5) is 0 Å². The summed E-state index contributed by atoms with van der Waals surface area (Å²) >= 11 is 0. The van der Waals surface area contributed by atoms with E-state index in [1.165, 1.54) is 5.56 Å². The fourth-order valence-electron chi connectivity index (χ4n) is 2.01. The molecule has 1 N–H and O–H groups in total. The molecule has 3 heteroatoms. The molecule has 0 fully saturated rings. The van der Waals surface area contributed by atoms with Crippen LogP contribution in [-0.4, -0.2) is 17.2 Å². The number of aliphatic hydroxyl groups excluding tert-OH is 1. The number of nitrogens with zero attached hydrogens (tertiary/aromatic N) is 1. The molecule has 3 nitrogen and oxygen atoms in total. The molecule has 1 aromatic carbocycles. The molecule has 2 rings (SSSR count). The molecule has 1 atom stereocenters. The van der Waals surface area contributed by atoms with E-state index in [4.69, 9.17) is 4.74 Å². The monoisotopic (exact) mass is 243 g/mol. The van der Waals surface area contributed by atoms with E-state index in [0.717, 1.165) is 11.1 Å². The number of aryl methyl sites for hydroxylation is 1. The van der Waals surface area contributed by atoms with Crippen LogP contribution in [0, 0.1) is 6.92 Å². The topological polar surface area (TPSA) is 42.4 Å². The first-order valence-corrected chi connectivity index (χ1v) is 5.92. The summed E-state index contributed by atoms with van der Waals surface area (Å²) in [6.45, 7) is 2.04. The SMILES string of the molecule is COc1cnccc1C(O)Cc1cccc(C)c1. The Hall–Kier alpha value is -1.87. The smallest absolute Gasteiger partial charge is 0.142 e. The van der Waals surface area contributed by atoms with Crippen molar-refractivity contribution in [2.45, 2.75) is 19.4 Å². The van der Waals surface area contributed by atoms with Gasteiger partial charge in [0.15, 0.2) is 0 Å². The Kier molecular flexibility index (Phi) is 3.95. The molecule has 0 spiro atoms. The molecule has 1 unspecified atom stereocenters. The lowest BCUT2D eigenvalue weighted by Gasteiger charge is -2.14. The van der Waals surface area contributed by atoms with Crippen LogP contribution in [0.1, 0.15) is 22.8 Å². The van der Waals surface area contributed by atoms with E-state index in [-0.39, 0.29) is 0 Å². The number of methoxy groups -OCH3 is 1. The first-order valence-electron chi connectivity index (χ1n) is 5.92. The van der Waals surface area contributed by atoms with Crippen molar-refractivity contribution in [2.75, 3.05) is 7.11 Å². The molecular weight excluding hydrogens is 226 g/mol. The molecule has 18 heavy (non-hydrogen) atoms. The van der Waals surface area contributed by atoms with Crippen molar-refractivity contribution >= 4 is 0 Å². The van der Waals surface area contributed by atoms with E-state index in [2.05, 4.69) is 11.1 Å². The fourth-order valence-corrected chi connectivity index (χ4v) is 2.01. The maximum atomic E-state index is 10.3. The third-order valence-corrected chi connectivity index (χ3v) is 2.91. The Morgan fingerprint density at radius 2 is 2.17 bits per heavy atom. The van der Waals surface area contributed by atoms with Gasteiger partial charge in [-0.15, -0.1) is 0 Å². The molecule has 1 heterocycles. The second kappa shape index (κ2) is 5.65. The Morgan fingerprint density at radius 1 is 1.33 bits per heavy atom. The second-order valence-corrected chi connectivity index (χ2v) is 4.33. The summed E-state index contributed by atoms with van der Waals surface area (Å²) in [4.78, 5) is 3.98. The molecule has 0 bridgehead atoms. The van der Waals surface area contributed by atoms with Crippen molar-refractivity contribution in [3.05, 3.63) is 59.4 Å². The van der Waals surface area contributed by atoms with Gasteiger partial charge in [-0.3, -0.25) is 4.98 Å². The largest absolute Gasteiger partial charge is 0.495 e. The molecule has 1 aromatic heterocycles. The molecule has 0 saturated carbocycles. The van der Waals surface area contributed by atoms with Crippen molar-refractivity contribution in [1.29, 1.82) is 0 Å². The van der Waals surface area contributed by atoms with Gasteiger partial charge in [0.2, 0.25) is 0 Å². The van der Waals surface area contributed by atoms with Crippen molar-refractivity contribution in [3.8, 4) is 5.75 Å². The Morgan fingerprint density at radius 3 is 2.89 bits per heavy atom. The highest BCUT2D eigenvalue weighted by atomic mass is 16.5. The van der Waals surface area contributed by atoms with Crippen LogP contribution < -0.4 is 4.74 Å². The van der Waals surface area contributed by atoms with Gasteiger partial charge >= 0.3 is 0 Å². The molecule has 2 aromatic rings. The van der Waals surface area contributed by atoms with E-state index >= 15 is 0 Å². The minimum Gasteiger partial charge on any atom is -0.495 e. The van der Waals surface area contributed by atoms with E-state index in [1.54, 1.807) is 25.6 Å². The van der Waals surface area contributed by atoms with Gasteiger partial charge < -0.3 is 9.84 Å². The summed E-state index contributed by atoms with van der Waals surface area (Å²) < 4.78 is 5.21. The number of pyridine rings is 1. The Balaban J connectivity index is 2.19. The maximum absolute atomic E-state index is 10.3. The highest BCUT2D eigenvalue weighted by Gasteiger charge is 2.13. The summed E-state index contributed by atoms with van der Waals surface area (Å²) in [6.07, 6.45) is 3.28. The first kappa shape index (κ1) is 12.6. The van der Waals surface area contributed by atoms with Crippen LogP contribution in [0.2, 0.25) is 0 Å². The lowest BCUT2D eigenvalue weighted by Crippen LogP contribution is -2.04. The molecule has 0 aliphatic rings. The van der Waals surface area contributed by atoms with Gasteiger partial charge in [-0.2, -0.15) is 0 Å². The van der Waals surface area contributed by atoms with Crippen LogP contribution in [-0.2, 0) is 6.42 Å². The fraction of sp³-hybridized carbons (Fsp3) is 0.267. The molecule has 94 valence electrons. The minimum absolute atomic E-state index is 0.571. The lowest BCUT2D eigenvalue weighted by atomic mass is 10.0. The van der Waals surface area contributed by atoms with Crippen LogP contribution in [0.15, 0.2) is 42.7 Å². The van der Waals surface area contributed by atoms with E-state index in [1.807, 2.05) is 25.1 Å². The molecule has 0 aliphatic heterocycles. The standard InChI is InChI=1S/C15H17NO2/c1-11-4-3-5-12(8-11)9-14(17)13-6-7-16-10-15(13)18-2/h3-8,10,14,17H,9H2,1-2H3. The zero-order valence-corrected chi connectivity index (χ0v) is 10.6. The molecular formula is C15H17NO2. The van der Waals surface area contributed by atoms with Crippen molar-refractivity contribution < 1.29 is 9.84 Å². The number of aliphatic hydroxyl groups is 1. The van der Waals surface area contributed by atoms with Gasteiger partial charge in [-0.05, 0) is 18.6 Å². The van der Waals surface area contributed by atoms with E-state index < -0.39 is 6.10 Å². The van der Waals surface area contributed by atoms with Crippen LogP contribution in [0.3, 0.4) is 0 Å². The summed E-state index contributed by atoms with van der Waals surface area (Å²) in [5.74, 6) is 0.623. The minimum atomic E-state index is -0.579. The molecule has 0 saturated heterocycles. The number of rotatable bonds is 4. The molecule has 0 aliphatic carbocycles. The van der Waals surface area contributed by atoms with Crippen molar-refractivity contribution in [3.63, 3.8) is 0 Å². The predicted molar refractivity (Wildman–Crippen MR) is 70.6 cm³/mol. The van der Waals surface area contributed by atoms with Gasteiger partial charge in [0.1, 0.15) is 5.75 Å². The van der Waals surface area contributed by atoms with Gasteiger partial charge in [0, 0.05) is 18.2 Å². The quantitative estimate of drug-likeness (QED) is 0.897. The summed E-state index contributed by atoms with van der Waals surface area (Å²) in [5, 5.41) is 10.3. The summed E-state index contributed by atoms with van der Waals surface area (Å²) in [6, 6.07) is 9.93. The van der Waals surface area contributed by atoms with Crippen molar-refractivity contribution in [2.24, 2.45) is 0 Å². The van der Waals surface area contributed by atoms with Gasteiger partial charge in [-0.25, -0.2) is 0 Å². The van der Waals surface area contributed by atoms with Crippen LogP contribution in [0.25, 0.3) is 0 Å². The zero-order valence-electron chi connectivity index (χ0n) is 10.6. The number of hydrogen-bond acceptors (Lipinski definition) is 3. The highest BCUT2D eigenvalue weighted by Crippen LogP contribution is 2.26. The predicted octanol–water partition coefficient (Wildman–Crippen LogP) is 2.67. The third kappa shape index (κ3) is 2.87. The highest BCUT2D eigenvalue weighted by molar-refractivity contribution is 5.33. The van der Waals surface area contributed by atoms with Gasteiger partial charge in [0.05, 0.1) is 19.4 Å². The van der Waals surface area contributed by atoms with Gasteiger partial charge in [-0.1, -0.05) is 29.8 Å². The number of aromatic nitrogens is 1. The van der Waals surface area contributed by atoms with Crippen LogP contribution in [0.5, 0.6) is 5.75 Å². The van der Waals surface area contributed by atoms with Crippen molar-refractivity contribution in [1.82, 2.24) is 4.98 Å². The first-order chi connectivity index (χ1) is 8.70. The normalized spacial score (nSPS) is 12.2. The summed E-state index contributed by atoms with van der Waals surface area (Å²) in [5.41, 5.74) is 3.08. The zero-order chi connectivity index (χ0) is 13.0. The third-order valence-electron chi connectivity index (χ3n) is 2.91. The summed E-state index contributed by atoms with van der Waals surface area (Å²) in [7, 11) is 1.58. The number of hydrogen-bond donors (Lipinski definition) is 1.